The zero-order valence-electron chi connectivity index (χ0n) is 28.1. The highest BCUT2D eigenvalue weighted by molar-refractivity contribution is 7.41. The molecule has 1 aliphatic rings. The van der Waals surface area contributed by atoms with E-state index in [9.17, 15) is 9.59 Å². The van der Waals surface area contributed by atoms with Crippen LogP contribution in [0.2, 0.25) is 0 Å². The molecule has 250 valence electrons. The van der Waals surface area contributed by atoms with Crippen LogP contribution in [-0.4, -0.2) is 18.4 Å². The molecule has 49 heavy (non-hydrogen) atoms. The van der Waals surface area contributed by atoms with E-state index >= 15 is 0 Å². The van der Waals surface area contributed by atoms with Gasteiger partial charge in [0.2, 0.25) is 0 Å². The van der Waals surface area contributed by atoms with E-state index in [1.807, 2.05) is 123 Å². The number of aryl methyl sites for hydroxylation is 3. The second-order valence-corrected chi connectivity index (χ2v) is 13.5. The molecular weight excluding hydrogens is 631 g/mol. The zero-order chi connectivity index (χ0) is 34.2. The van der Waals surface area contributed by atoms with Gasteiger partial charge >= 0.3 is 8.60 Å². The normalized spacial score (nSPS) is 14.3. The molecule has 0 bridgehead atoms. The molecule has 0 radical (unpaired) electrons. The van der Waals surface area contributed by atoms with E-state index in [0.717, 1.165) is 45.5 Å². The van der Waals surface area contributed by atoms with E-state index in [-0.39, 0.29) is 17.9 Å². The number of benzene rings is 5. The first-order valence-electron chi connectivity index (χ1n) is 16.6. The Balaban J connectivity index is 1.22. The molecule has 0 saturated carbocycles. The summed E-state index contributed by atoms with van der Waals surface area (Å²) in [5.74, 6) is -0.275. The topological polar surface area (TPSA) is 77.1 Å². The average Bonchev–Trinajstić information content (AvgIpc) is 3.29. The van der Waals surface area contributed by atoms with Crippen LogP contribution < -0.4 is 10.2 Å². The molecule has 0 spiro atoms. The summed E-state index contributed by atoms with van der Waals surface area (Å²) in [7, 11) is -1.72. The lowest BCUT2D eigenvalue weighted by atomic mass is 10.0. The van der Waals surface area contributed by atoms with E-state index in [2.05, 4.69) is 11.4 Å². The molecular formula is C41H41N2O5P. The third-order valence-electron chi connectivity index (χ3n) is 8.59. The second kappa shape index (κ2) is 16.2. The van der Waals surface area contributed by atoms with Crippen LogP contribution in [0.1, 0.15) is 73.0 Å². The number of fused-ring (bicyclic) bond motifs is 1. The van der Waals surface area contributed by atoms with Crippen molar-refractivity contribution in [2.24, 2.45) is 0 Å². The predicted octanol–water partition coefficient (Wildman–Crippen LogP) is 10.0. The average molecular weight is 673 g/mol. The van der Waals surface area contributed by atoms with Crippen LogP contribution in [0, 0.1) is 20.8 Å². The first-order chi connectivity index (χ1) is 23.9. The maximum atomic E-state index is 14.2. The number of nitrogens with zero attached hydrogens (tertiary/aromatic N) is 1. The minimum absolute atomic E-state index is 0.0945. The summed E-state index contributed by atoms with van der Waals surface area (Å²) < 4.78 is 19.3. The summed E-state index contributed by atoms with van der Waals surface area (Å²) in [6.45, 7) is 7.11. The maximum absolute atomic E-state index is 14.2. The Morgan fingerprint density at radius 2 is 1.39 bits per heavy atom. The Morgan fingerprint density at radius 1 is 0.735 bits per heavy atom. The molecule has 0 aliphatic carbocycles. The number of rotatable bonds is 11. The van der Waals surface area contributed by atoms with Gasteiger partial charge in [0.25, 0.3) is 11.8 Å². The van der Waals surface area contributed by atoms with Gasteiger partial charge in [-0.15, -0.1) is 0 Å². The number of carbonyl (C=O) groups is 2. The second-order valence-electron chi connectivity index (χ2n) is 12.3. The third-order valence-corrected chi connectivity index (χ3v) is 9.70. The minimum atomic E-state index is -1.72. The number of anilines is 2. The Hall–Kier alpha value is -4.65. The number of hydrogen-bond donors (Lipinski definition) is 1. The van der Waals surface area contributed by atoms with Crippen LogP contribution in [0.5, 0.6) is 0 Å². The van der Waals surface area contributed by atoms with Gasteiger partial charge in [0.1, 0.15) is 0 Å². The van der Waals surface area contributed by atoms with Gasteiger partial charge in [-0.05, 0) is 86.2 Å². The zero-order valence-corrected chi connectivity index (χ0v) is 29.0. The van der Waals surface area contributed by atoms with Crippen molar-refractivity contribution in [3.63, 3.8) is 0 Å². The largest absolute Gasteiger partial charge is 0.333 e. The lowest BCUT2D eigenvalue weighted by Gasteiger charge is -2.27. The van der Waals surface area contributed by atoms with Crippen LogP contribution in [-0.2, 0) is 26.8 Å². The number of hydrogen-bond acceptors (Lipinski definition) is 5. The molecule has 1 heterocycles. The monoisotopic (exact) mass is 672 g/mol. The van der Waals surface area contributed by atoms with Crippen molar-refractivity contribution in [1.29, 1.82) is 0 Å². The van der Waals surface area contributed by atoms with Gasteiger partial charge in [-0.3, -0.25) is 9.59 Å². The lowest BCUT2D eigenvalue weighted by Crippen LogP contribution is -2.32. The van der Waals surface area contributed by atoms with Crippen molar-refractivity contribution < 1.29 is 23.2 Å². The van der Waals surface area contributed by atoms with Crippen LogP contribution in [0.3, 0.4) is 0 Å². The van der Waals surface area contributed by atoms with Crippen LogP contribution in [0.15, 0.2) is 121 Å². The molecule has 8 heteroatoms. The fraction of sp³-hybridized carbons (Fsp3) is 0.220. The molecule has 1 atom stereocenters. The SMILES string of the molecule is Cc1ccc2c(c1)C(OP(OCc1ccccc1)OCc1ccccc1)CCCN2C(=O)c1ccc(NC(=O)c2ccccc2C)cc1C. The molecule has 7 nitrogen and oxygen atoms in total. The highest BCUT2D eigenvalue weighted by atomic mass is 31.2. The summed E-state index contributed by atoms with van der Waals surface area (Å²) in [4.78, 5) is 29.0. The number of amides is 2. The van der Waals surface area contributed by atoms with E-state index in [4.69, 9.17) is 13.6 Å². The van der Waals surface area contributed by atoms with Crippen molar-refractivity contribution in [3.05, 3.63) is 166 Å². The van der Waals surface area contributed by atoms with Gasteiger partial charge in [0.15, 0.2) is 0 Å². The molecule has 0 aromatic heterocycles. The quantitative estimate of drug-likeness (QED) is 0.141. The van der Waals surface area contributed by atoms with E-state index in [0.29, 0.717) is 43.0 Å². The van der Waals surface area contributed by atoms with Crippen molar-refractivity contribution in [3.8, 4) is 0 Å². The van der Waals surface area contributed by atoms with Gasteiger partial charge in [0, 0.05) is 34.6 Å². The van der Waals surface area contributed by atoms with Crippen LogP contribution >= 0.6 is 8.60 Å². The highest BCUT2D eigenvalue weighted by Crippen LogP contribution is 2.50. The number of carbonyl (C=O) groups excluding carboxylic acids is 2. The van der Waals surface area contributed by atoms with Gasteiger partial charge < -0.3 is 23.8 Å². The molecule has 0 saturated heterocycles. The standard InChI is InChI=1S/C41H41N2O5P/c1-29-20-23-38-37(25-29)39(48-49(46-27-32-14-6-4-7-15-32)47-28-33-16-8-5-9-17-33)19-12-24-43(38)41(45)36-22-21-34(26-31(36)3)42-40(44)35-18-11-10-13-30(35)2/h4-11,13-18,20-23,25-26,39H,12,19,24,27-28H2,1-3H3,(H,42,44). The first-order valence-corrected chi connectivity index (χ1v) is 17.7. The minimum Gasteiger partial charge on any atom is -0.322 e. The maximum Gasteiger partial charge on any atom is 0.333 e. The molecule has 6 rings (SSSR count). The molecule has 5 aromatic rings. The van der Waals surface area contributed by atoms with Crippen molar-refractivity contribution in [1.82, 2.24) is 0 Å². The van der Waals surface area contributed by atoms with Crippen molar-refractivity contribution >= 4 is 31.8 Å². The third kappa shape index (κ3) is 8.69. The van der Waals surface area contributed by atoms with Crippen molar-refractivity contribution in [2.45, 2.75) is 52.9 Å². The first kappa shape index (κ1) is 34.2. The summed E-state index contributed by atoms with van der Waals surface area (Å²) in [5.41, 5.74) is 8.42. The van der Waals surface area contributed by atoms with E-state index < -0.39 is 8.60 Å². The highest BCUT2D eigenvalue weighted by Gasteiger charge is 2.31. The Labute approximate surface area is 289 Å². The summed E-state index contributed by atoms with van der Waals surface area (Å²) in [6.07, 6.45) is 1.10. The molecule has 2 amide bonds. The van der Waals surface area contributed by atoms with E-state index in [1.54, 1.807) is 18.2 Å². The van der Waals surface area contributed by atoms with Gasteiger partial charge in [0.05, 0.1) is 19.3 Å². The van der Waals surface area contributed by atoms with Crippen molar-refractivity contribution in [2.75, 3.05) is 16.8 Å². The lowest BCUT2D eigenvalue weighted by molar-refractivity contribution is 0.0983. The Morgan fingerprint density at radius 3 is 2.04 bits per heavy atom. The Kier molecular flexibility index (Phi) is 11.3. The van der Waals surface area contributed by atoms with Gasteiger partial charge in [-0.25, -0.2) is 0 Å². The summed E-state index contributed by atoms with van der Waals surface area (Å²) >= 11 is 0. The van der Waals surface area contributed by atoms with Gasteiger partial charge in [-0.1, -0.05) is 96.6 Å². The molecule has 0 fully saturated rings. The summed E-state index contributed by atoms with van der Waals surface area (Å²) in [5, 5.41) is 2.98. The molecule has 1 unspecified atom stereocenters. The fourth-order valence-corrected chi connectivity index (χ4v) is 7.10. The Bertz CT molecular complexity index is 1860. The fourth-order valence-electron chi connectivity index (χ4n) is 5.97. The molecule has 5 aromatic carbocycles. The number of nitrogens with one attached hydrogen (secondary N) is 1. The van der Waals surface area contributed by atoms with Crippen LogP contribution in [0.4, 0.5) is 11.4 Å². The van der Waals surface area contributed by atoms with E-state index in [1.165, 1.54) is 0 Å². The predicted molar refractivity (Wildman–Crippen MR) is 196 cm³/mol. The van der Waals surface area contributed by atoms with Gasteiger partial charge in [-0.2, -0.15) is 0 Å². The summed E-state index contributed by atoms with van der Waals surface area (Å²) in [6, 6.07) is 39.0. The smallest absolute Gasteiger partial charge is 0.322 e. The molecule has 1 aliphatic heterocycles. The molecule has 1 N–H and O–H groups in total. The van der Waals surface area contributed by atoms with Crippen LogP contribution in [0.25, 0.3) is 0 Å².